The smallest absolute Gasteiger partial charge is 0.167 e. The van der Waals surface area contributed by atoms with Crippen molar-refractivity contribution in [3.63, 3.8) is 0 Å². The molecule has 0 nitrogen and oxygen atoms in total. The van der Waals surface area contributed by atoms with Crippen LogP contribution in [0.15, 0.2) is 12.2 Å². The summed E-state index contributed by atoms with van der Waals surface area (Å²) in [5.41, 5.74) is -1.01. The molecule has 0 rings (SSSR count). The van der Waals surface area contributed by atoms with Crippen LogP contribution in [0.4, 0.5) is 13.2 Å². The molecule has 0 saturated heterocycles. The van der Waals surface area contributed by atoms with Gasteiger partial charge in [0.1, 0.15) is 0 Å². The zero-order valence-electron chi connectivity index (χ0n) is 3.55. The molecule has 0 aliphatic carbocycles. The van der Waals surface area contributed by atoms with Crippen LogP contribution in [0.1, 0.15) is 0 Å². The van der Waals surface area contributed by atoms with Crippen LogP contribution in [0.5, 0.6) is 0 Å². The predicted octanol–water partition coefficient (Wildman–Crippen LogP) is 1.94. The highest BCUT2D eigenvalue weighted by Gasteiger charge is 2.27. The third-order valence-electron chi connectivity index (χ3n) is 0.401. The van der Waals surface area contributed by atoms with Crippen LogP contribution >= 0.6 is 0 Å². The van der Waals surface area contributed by atoms with Gasteiger partial charge in [-0.1, -0.05) is 6.58 Å². The summed E-state index contributed by atoms with van der Waals surface area (Å²) < 4.78 is 33.0. The van der Waals surface area contributed by atoms with Crippen molar-refractivity contribution in [1.29, 1.82) is 0 Å². The van der Waals surface area contributed by atoms with Gasteiger partial charge in [0.05, 0.1) is 0 Å². The molecule has 3 heteroatoms. The lowest BCUT2D eigenvalue weighted by molar-refractivity contribution is -0.0881. The van der Waals surface area contributed by atoms with Crippen molar-refractivity contribution in [2.75, 3.05) is 0 Å². The van der Waals surface area contributed by atoms with Crippen LogP contribution in [0.25, 0.3) is 0 Å². The molecular formula is C4H4F3. The van der Waals surface area contributed by atoms with E-state index in [1.54, 1.807) is 0 Å². The molecule has 0 N–H and O–H groups in total. The number of halogens is 3. The van der Waals surface area contributed by atoms with Gasteiger partial charge in [0.2, 0.25) is 0 Å². The van der Waals surface area contributed by atoms with Gasteiger partial charge in [-0.15, -0.1) is 0 Å². The van der Waals surface area contributed by atoms with Gasteiger partial charge < -0.3 is 0 Å². The molecule has 0 aliphatic heterocycles. The molecule has 0 aromatic carbocycles. The molecule has 0 aromatic heterocycles. The highest BCUT2D eigenvalue weighted by atomic mass is 19.4. The van der Waals surface area contributed by atoms with E-state index < -0.39 is 11.7 Å². The van der Waals surface area contributed by atoms with Gasteiger partial charge >= 0.3 is 6.18 Å². The van der Waals surface area contributed by atoms with E-state index in [-0.39, 0.29) is 0 Å². The minimum Gasteiger partial charge on any atom is -0.167 e. The lowest BCUT2D eigenvalue weighted by Crippen LogP contribution is -2.06. The Hall–Kier alpha value is -0.470. The van der Waals surface area contributed by atoms with Gasteiger partial charge in [0.15, 0.2) is 0 Å². The highest BCUT2D eigenvalue weighted by molar-refractivity contribution is 5.04. The van der Waals surface area contributed by atoms with Crippen molar-refractivity contribution in [1.82, 2.24) is 0 Å². The first kappa shape index (κ1) is 6.53. The van der Waals surface area contributed by atoms with Crippen molar-refractivity contribution < 1.29 is 13.2 Å². The van der Waals surface area contributed by atoms with Gasteiger partial charge in [-0.3, -0.25) is 0 Å². The van der Waals surface area contributed by atoms with E-state index in [1.807, 2.05) is 0 Å². The lowest BCUT2D eigenvalue weighted by Gasteiger charge is -2.01. The maximum Gasteiger partial charge on any atom is 0.412 e. The van der Waals surface area contributed by atoms with E-state index in [9.17, 15) is 13.2 Å². The Labute approximate surface area is 39.6 Å². The molecule has 0 aliphatic rings. The molecule has 0 atom stereocenters. The second kappa shape index (κ2) is 1.56. The topological polar surface area (TPSA) is 0 Å². The number of rotatable bonds is 0. The number of allylic oxidation sites excluding steroid dienone is 1. The van der Waals surface area contributed by atoms with Gasteiger partial charge in [-0.25, -0.2) is 0 Å². The Morgan fingerprint density at radius 3 is 1.43 bits per heavy atom. The van der Waals surface area contributed by atoms with E-state index in [1.165, 1.54) is 0 Å². The summed E-state index contributed by atoms with van der Waals surface area (Å²) in [5.74, 6) is 0. The molecule has 0 bridgehead atoms. The quantitative estimate of drug-likeness (QED) is 0.446. The fourth-order valence-corrected chi connectivity index (χ4v) is 0. The fraction of sp³-hybridized carbons (Fsp3) is 0.250. The maximum absolute atomic E-state index is 11.0. The summed E-state index contributed by atoms with van der Waals surface area (Å²) >= 11 is 0. The van der Waals surface area contributed by atoms with Crippen molar-refractivity contribution in [2.24, 2.45) is 0 Å². The zero-order valence-corrected chi connectivity index (χ0v) is 3.55. The van der Waals surface area contributed by atoms with Crippen LogP contribution in [0.3, 0.4) is 0 Å². The van der Waals surface area contributed by atoms with E-state index in [0.29, 0.717) is 0 Å². The van der Waals surface area contributed by atoms with Gasteiger partial charge in [0.25, 0.3) is 0 Å². The molecule has 1 radical (unpaired) electrons. The average molecular weight is 109 g/mol. The number of hydrogen-bond acceptors (Lipinski definition) is 0. The molecule has 0 aromatic rings. The predicted molar refractivity (Wildman–Crippen MR) is 20.6 cm³/mol. The summed E-state index contributed by atoms with van der Waals surface area (Å²) in [4.78, 5) is 0. The second-order valence-electron chi connectivity index (χ2n) is 1.10. The van der Waals surface area contributed by atoms with Crippen molar-refractivity contribution in [3.05, 3.63) is 19.1 Å². The first-order valence-corrected chi connectivity index (χ1v) is 1.52. The number of hydrogen-bond donors (Lipinski definition) is 0. The Balaban J connectivity index is 3.79. The third-order valence-corrected chi connectivity index (χ3v) is 0.401. The van der Waals surface area contributed by atoms with E-state index >= 15 is 0 Å². The Morgan fingerprint density at radius 1 is 1.29 bits per heavy atom. The molecular weight excluding hydrogens is 105 g/mol. The standard InChI is InChI=1S/C4H4F3/c1-3(2)4(5,6)7/h1-2H2. The minimum absolute atomic E-state index is 1.01. The van der Waals surface area contributed by atoms with Gasteiger partial charge in [0, 0.05) is 5.57 Å². The summed E-state index contributed by atoms with van der Waals surface area (Å²) in [7, 11) is 0. The monoisotopic (exact) mass is 109 g/mol. The molecule has 7 heavy (non-hydrogen) atoms. The van der Waals surface area contributed by atoms with Crippen LogP contribution < -0.4 is 0 Å². The van der Waals surface area contributed by atoms with Crippen LogP contribution in [0.2, 0.25) is 0 Å². The van der Waals surface area contributed by atoms with E-state index in [4.69, 9.17) is 0 Å². The number of alkyl halides is 3. The van der Waals surface area contributed by atoms with E-state index in [2.05, 4.69) is 13.5 Å². The lowest BCUT2D eigenvalue weighted by atomic mass is 10.3. The first-order valence-electron chi connectivity index (χ1n) is 1.52. The Morgan fingerprint density at radius 2 is 1.43 bits per heavy atom. The van der Waals surface area contributed by atoms with Crippen LogP contribution in [0, 0.1) is 6.92 Å². The Kier molecular flexibility index (Phi) is 1.45. The largest absolute Gasteiger partial charge is 0.412 e. The molecule has 41 valence electrons. The zero-order chi connectivity index (χ0) is 6.08. The summed E-state index contributed by atoms with van der Waals surface area (Å²) in [6, 6.07) is 0. The first-order chi connectivity index (χ1) is 2.94. The van der Waals surface area contributed by atoms with Crippen molar-refractivity contribution in [3.8, 4) is 0 Å². The second-order valence-corrected chi connectivity index (χ2v) is 1.10. The summed E-state index contributed by atoms with van der Waals surface area (Å²) in [6.07, 6.45) is -4.31. The average Bonchev–Trinajstić information content (AvgIpc) is 1.31. The SMILES string of the molecule is [CH2]C(=C)C(F)(F)F. The summed E-state index contributed by atoms with van der Waals surface area (Å²) in [6.45, 7) is 5.18. The Bertz CT molecular complexity index is 79.4. The molecule has 0 spiro atoms. The van der Waals surface area contributed by atoms with Crippen molar-refractivity contribution in [2.45, 2.75) is 6.18 Å². The molecule has 0 amide bonds. The normalized spacial score (nSPS) is 11.4. The molecule has 0 unspecified atom stereocenters. The minimum atomic E-state index is -4.31. The van der Waals surface area contributed by atoms with Gasteiger partial charge in [-0.05, 0) is 6.92 Å². The third kappa shape index (κ3) is 2.25. The highest BCUT2D eigenvalue weighted by Crippen LogP contribution is 2.22. The maximum atomic E-state index is 11.0. The van der Waals surface area contributed by atoms with E-state index in [0.717, 1.165) is 0 Å². The molecule has 0 heterocycles. The molecule has 0 fully saturated rings. The van der Waals surface area contributed by atoms with Crippen molar-refractivity contribution >= 4 is 0 Å². The molecule has 0 saturated carbocycles. The van der Waals surface area contributed by atoms with Crippen LogP contribution in [-0.4, -0.2) is 6.18 Å². The van der Waals surface area contributed by atoms with Crippen LogP contribution in [-0.2, 0) is 0 Å². The summed E-state index contributed by atoms with van der Waals surface area (Å²) in [5, 5.41) is 0. The van der Waals surface area contributed by atoms with Gasteiger partial charge in [-0.2, -0.15) is 13.2 Å². The fourth-order valence-electron chi connectivity index (χ4n) is 0.